The molecule has 0 unspecified atom stereocenters. The minimum atomic E-state index is -0.120. The first-order valence-electron chi connectivity index (χ1n) is 9.83. The molecule has 0 spiro atoms. The van der Waals surface area contributed by atoms with Crippen molar-refractivity contribution >= 4 is 29.1 Å². The van der Waals surface area contributed by atoms with Gasteiger partial charge in [0, 0.05) is 66.6 Å². The van der Waals surface area contributed by atoms with Crippen LogP contribution in [0.25, 0.3) is 11.4 Å². The number of amides is 2. The van der Waals surface area contributed by atoms with Crippen LogP contribution >= 0.6 is 11.6 Å². The van der Waals surface area contributed by atoms with Gasteiger partial charge in [-0.2, -0.15) is 0 Å². The van der Waals surface area contributed by atoms with Crippen molar-refractivity contribution < 1.29 is 4.79 Å². The van der Waals surface area contributed by atoms with Gasteiger partial charge in [0.15, 0.2) is 5.82 Å². The molecular formula is C22H23ClN6O. The first-order valence-corrected chi connectivity index (χ1v) is 10.2. The molecule has 0 saturated carbocycles. The Labute approximate surface area is 180 Å². The van der Waals surface area contributed by atoms with Crippen LogP contribution in [0.2, 0.25) is 5.02 Å². The van der Waals surface area contributed by atoms with Crippen LogP contribution in [0.5, 0.6) is 0 Å². The van der Waals surface area contributed by atoms with E-state index in [0.717, 1.165) is 22.6 Å². The number of urea groups is 1. The molecule has 1 saturated heterocycles. The third-order valence-corrected chi connectivity index (χ3v) is 5.50. The number of anilines is 2. The first kappa shape index (κ1) is 20.1. The number of carbonyl (C=O) groups is 1. The normalized spacial score (nSPS) is 14.0. The predicted molar refractivity (Wildman–Crippen MR) is 119 cm³/mol. The van der Waals surface area contributed by atoms with Crippen molar-refractivity contribution in [1.29, 1.82) is 0 Å². The van der Waals surface area contributed by atoms with Crippen LogP contribution in [-0.4, -0.2) is 52.1 Å². The molecule has 0 bridgehead atoms. The van der Waals surface area contributed by atoms with Crippen LogP contribution < -0.4 is 10.2 Å². The van der Waals surface area contributed by atoms with Crippen molar-refractivity contribution in [3.63, 3.8) is 0 Å². The number of hydrogen-bond donors (Lipinski definition) is 1. The Balaban J connectivity index is 1.41. The molecular weight excluding hydrogens is 400 g/mol. The summed E-state index contributed by atoms with van der Waals surface area (Å²) in [7, 11) is 0. The molecule has 1 N–H and O–H groups in total. The van der Waals surface area contributed by atoms with E-state index in [2.05, 4.69) is 20.2 Å². The molecule has 8 heteroatoms. The third kappa shape index (κ3) is 4.52. The van der Waals surface area contributed by atoms with Crippen molar-refractivity contribution in [2.75, 3.05) is 36.4 Å². The maximum absolute atomic E-state index is 12.6. The van der Waals surface area contributed by atoms with Crippen molar-refractivity contribution in [2.24, 2.45) is 0 Å². The summed E-state index contributed by atoms with van der Waals surface area (Å²) in [5, 5.41) is 3.57. The number of aryl methyl sites for hydroxylation is 2. The first-order chi connectivity index (χ1) is 14.5. The highest BCUT2D eigenvalue weighted by Gasteiger charge is 2.23. The molecule has 2 aromatic heterocycles. The van der Waals surface area contributed by atoms with Gasteiger partial charge in [-0.1, -0.05) is 17.7 Å². The molecule has 154 valence electrons. The van der Waals surface area contributed by atoms with E-state index in [1.165, 1.54) is 0 Å². The van der Waals surface area contributed by atoms with E-state index in [1.807, 2.05) is 49.1 Å². The molecule has 1 fully saturated rings. The van der Waals surface area contributed by atoms with Crippen molar-refractivity contribution in [1.82, 2.24) is 19.9 Å². The Morgan fingerprint density at radius 1 is 1.00 bits per heavy atom. The van der Waals surface area contributed by atoms with Crippen LogP contribution in [0.15, 0.2) is 48.8 Å². The molecule has 0 radical (unpaired) electrons. The zero-order chi connectivity index (χ0) is 21.1. The van der Waals surface area contributed by atoms with Gasteiger partial charge in [-0.15, -0.1) is 0 Å². The number of aromatic nitrogens is 3. The lowest BCUT2D eigenvalue weighted by Gasteiger charge is -2.35. The smallest absolute Gasteiger partial charge is 0.321 e. The van der Waals surface area contributed by atoms with Gasteiger partial charge in [0.2, 0.25) is 0 Å². The van der Waals surface area contributed by atoms with E-state index in [-0.39, 0.29) is 6.03 Å². The average Bonchev–Trinajstić information content (AvgIpc) is 2.76. The zero-order valence-corrected chi connectivity index (χ0v) is 17.7. The number of pyridine rings is 1. The molecule has 3 heterocycles. The summed E-state index contributed by atoms with van der Waals surface area (Å²) in [6, 6.07) is 11.2. The standard InChI is InChI=1S/C22H23ClN6O/c1-15-3-4-18(14-19(15)23)26-22(30)29-11-9-28(10-12-29)20-13-16(2)25-21(27-20)17-5-7-24-8-6-17/h3-8,13-14H,9-12H2,1-2H3,(H,26,30). The summed E-state index contributed by atoms with van der Waals surface area (Å²) in [4.78, 5) is 30.0. The lowest BCUT2D eigenvalue weighted by Crippen LogP contribution is -2.50. The van der Waals surface area contributed by atoms with Crippen LogP contribution in [0.4, 0.5) is 16.3 Å². The second-order valence-corrected chi connectivity index (χ2v) is 7.70. The highest BCUT2D eigenvalue weighted by molar-refractivity contribution is 6.31. The summed E-state index contributed by atoms with van der Waals surface area (Å²) in [6.07, 6.45) is 3.47. The number of rotatable bonds is 3. The largest absolute Gasteiger partial charge is 0.353 e. The van der Waals surface area contributed by atoms with Crippen molar-refractivity contribution in [3.8, 4) is 11.4 Å². The topological polar surface area (TPSA) is 74.2 Å². The number of nitrogens with one attached hydrogen (secondary N) is 1. The molecule has 0 aliphatic carbocycles. The van der Waals surface area contributed by atoms with E-state index >= 15 is 0 Å². The summed E-state index contributed by atoms with van der Waals surface area (Å²) in [5.41, 5.74) is 3.52. The monoisotopic (exact) mass is 422 g/mol. The Morgan fingerprint density at radius 3 is 2.43 bits per heavy atom. The van der Waals surface area contributed by atoms with Gasteiger partial charge in [-0.05, 0) is 43.7 Å². The molecule has 1 aliphatic heterocycles. The van der Waals surface area contributed by atoms with E-state index < -0.39 is 0 Å². The summed E-state index contributed by atoms with van der Waals surface area (Å²) >= 11 is 6.15. The van der Waals surface area contributed by atoms with Crippen molar-refractivity contribution in [2.45, 2.75) is 13.8 Å². The van der Waals surface area contributed by atoms with E-state index in [0.29, 0.717) is 42.7 Å². The van der Waals surface area contributed by atoms with E-state index in [1.54, 1.807) is 18.5 Å². The Morgan fingerprint density at radius 2 is 1.73 bits per heavy atom. The summed E-state index contributed by atoms with van der Waals surface area (Å²) in [6.45, 7) is 6.52. The Kier molecular flexibility index (Phi) is 5.81. The SMILES string of the molecule is Cc1cc(N2CCN(C(=O)Nc3ccc(C)c(Cl)c3)CC2)nc(-c2ccncc2)n1. The Bertz CT molecular complexity index is 1050. The lowest BCUT2D eigenvalue weighted by molar-refractivity contribution is 0.208. The number of carbonyl (C=O) groups excluding carboxylic acids is 1. The Hall–Kier alpha value is -3.19. The lowest BCUT2D eigenvalue weighted by atomic mass is 10.2. The maximum atomic E-state index is 12.6. The van der Waals surface area contributed by atoms with Crippen molar-refractivity contribution in [3.05, 3.63) is 65.1 Å². The van der Waals surface area contributed by atoms with Crippen LogP contribution in [0, 0.1) is 13.8 Å². The fourth-order valence-electron chi connectivity index (χ4n) is 3.36. The molecule has 0 atom stereocenters. The van der Waals surface area contributed by atoms with Crippen LogP contribution in [0.1, 0.15) is 11.3 Å². The van der Waals surface area contributed by atoms with Gasteiger partial charge < -0.3 is 15.1 Å². The second kappa shape index (κ2) is 8.67. The molecule has 7 nitrogen and oxygen atoms in total. The number of piperazine rings is 1. The van der Waals surface area contributed by atoms with Gasteiger partial charge >= 0.3 is 6.03 Å². The third-order valence-electron chi connectivity index (χ3n) is 5.09. The number of hydrogen-bond acceptors (Lipinski definition) is 5. The highest BCUT2D eigenvalue weighted by Crippen LogP contribution is 2.22. The second-order valence-electron chi connectivity index (χ2n) is 7.30. The van der Waals surface area contributed by atoms with Crippen LogP contribution in [-0.2, 0) is 0 Å². The molecule has 1 aliphatic rings. The fourth-order valence-corrected chi connectivity index (χ4v) is 3.54. The van der Waals surface area contributed by atoms with Gasteiger partial charge in [0.25, 0.3) is 0 Å². The molecule has 4 rings (SSSR count). The van der Waals surface area contributed by atoms with Gasteiger partial charge in [-0.3, -0.25) is 4.98 Å². The molecule has 30 heavy (non-hydrogen) atoms. The van der Waals surface area contributed by atoms with Gasteiger partial charge in [0.1, 0.15) is 5.82 Å². The number of benzene rings is 1. The summed E-state index contributed by atoms with van der Waals surface area (Å²) in [5.74, 6) is 1.56. The zero-order valence-electron chi connectivity index (χ0n) is 17.0. The van der Waals surface area contributed by atoms with Crippen LogP contribution in [0.3, 0.4) is 0 Å². The highest BCUT2D eigenvalue weighted by atomic mass is 35.5. The predicted octanol–water partition coefficient (Wildman–Crippen LogP) is 4.16. The minimum Gasteiger partial charge on any atom is -0.353 e. The van der Waals surface area contributed by atoms with E-state index in [9.17, 15) is 4.79 Å². The molecule has 3 aromatic rings. The number of nitrogens with zero attached hydrogens (tertiary/aromatic N) is 5. The van der Waals surface area contributed by atoms with Gasteiger partial charge in [-0.25, -0.2) is 14.8 Å². The average molecular weight is 423 g/mol. The fraction of sp³-hybridized carbons (Fsp3) is 0.273. The summed E-state index contributed by atoms with van der Waals surface area (Å²) < 4.78 is 0. The maximum Gasteiger partial charge on any atom is 0.321 e. The quantitative estimate of drug-likeness (QED) is 0.685. The minimum absolute atomic E-state index is 0.120. The van der Waals surface area contributed by atoms with Gasteiger partial charge in [0.05, 0.1) is 0 Å². The van der Waals surface area contributed by atoms with E-state index in [4.69, 9.17) is 16.6 Å². The molecule has 1 aromatic carbocycles. The number of halogens is 1. The molecule has 2 amide bonds.